The lowest BCUT2D eigenvalue weighted by atomic mass is 10.1. The Morgan fingerprint density at radius 3 is 2.70 bits per heavy atom. The minimum absolute atomic E-state index is 0.0376. The molecule has 0 unspecified atom stereocenters. The van der Waals surface area contributed by atoms with Crippen LogP contribution in [0.2, 0.25) is 0 Å². The summed E-state index contributed by atoms with van der Waals surface area (Å²) in [7, 11) is 1.72. The van der Waals surface area contributed by atoms with Gasteiger partial charge < -0.3 is 19.1 Å². The molecule has 8 heteroatoms. The lowest BCUT2D eigenvalue weighted by Crippen LogP contribution is -2.42. The number of methoxy groups -OCH3 is 1. The largest absolute Gasteiger partial charge is 0.381 e. The van der Waals surface area contributed by atoms with Gasteiger partial charge in [0, 0.05) is 26.7 Å². The summed E-state index contributed by atoms with van der Waals surface area (Å²) in [5.41, 5.74) is 0.822. The molecule has 0 spiro atoms. The van der Waals surface area contributed by atoms with Crippen molar-refractivity contribution in [1.82, 2.24) is 19.9 Å². The van der Waals surface area contributed by atoms with Crippen LogP contribution in [0.25, 0.3) is 0 Å². The fourth-order valence-corrected chi connectivity index (χ4v) is 3.10. The number of carbonyl (C=O) groups excluding carboxylic acids is 1. The molecule has 2 rings (SSSR count). The average Bonchev–Trinajstić information content (AvgIpc) is 3.15. The van der Waals surface area contributed by atoms with E-state index >= 15 is 0 Å². The Labute approximate surface area is 162 Å². The topological polar surface area (TPSA) is 78.7 Å². The highest BCUT2D eigenvalue weighted by Gasteiger charge is 2.22. The predicted molar refractivity (Wildman–Crippen MR) is 101 cm³/mol. The van der Waals surface area contributed by atoms with Crippen LogP contribution in [0.3, 0.4) is 0 Å². The average molecular weight is 383 g/mol. The van der Waals surface area contributed by atoms with Crippen molar-refractivity contribution in [2.45, 2.75) is 64.7 Å². The van der Waals surface area contributed by atoms with Gasteiger partial charge in [0.25, 0.3) is 0 Å². The van der Waals surface area contributed by atoms with Gasteiger partial charge in [0.15, 0.2) is 0 Å². The maximum absolute atomic E-state index is 12.1. The fourth-order valence-electron chi connectivity index (χ4n) is 3.10. The molecular formula is C19H34N4O4. The van der Waals surface area contributed by atoms with Gasteiger partial charge in [-0.1, -0.05) is 31.4 Å². The molecule has 1 saturated heterocycles. The van der Waals surface area contributed by atoms with Crippen molar-refractivity contribution in [3.8, 4) is 0 Å². The van der Waals surface area contributed by atoms with Crippen LogP contribution < -0.4 is 0 Å². The van der Waals surface area contributed by atoms with Crippen LogP contribution in [0.4, 0.5) is 0 Å². The second kappa shape index (κ2) is 12.8. The first-order valence-electron chi connectivity index (χ1n) is 10.1. The van der Waals surface area contributed by atoms with Gasteiger partial charge >= 0.3 is 0 Å². The summed E-state index contributed by atoms with van der Waals surface area (Å²) in [6, 6.07) is 0. The summed E-state index contributed by atoms with van der Waals surface area (Å²) >= 11 is 0. The molecule has 27 heavy (non-hydrogen) atoms. The van der Waals surface area contributed by atoms with E-state index in [0.29, 0.717) is 19.8 Å². The van der Waals surface area contributed by atoms with Gasteiger partial charge in [-0.25, -0.2) is 0 Å². The fraction of sp³-hybridized carbons (Fsp3) is 0.842. The van der Waals surface area contributed by atoms with Gasteiger partial charge in [-0.15, -0.1) is 5.10 Å². The molecule has 154 valence electrons. The normalized spacial score (nSPS) is 15.4. The number of carbonyl (C=O) groups is 1. The Hall–Kier alpha value is -1.51. The van der Waals surface area contributed by atoms with Crippen molar-refractivity contribution < 1.29 is 19.0 Å². The van der Waals surface area contributed by atoms with Crippen molar-refractivity contribution >= 4 is 5.91 Å². The number of likely N-dealkylation sites (tertiary alicyclic amines) is 1. The van der Waals surface area contributed by atoms with Crippen molar-refractivity contribution in [1.29, 1.82) is 0 Å². The standard InChI is InChI=1S/C19H34N4O4/c1-3-4-5-6-9-23-14-17(20-21-23)15-26-12-13-27-16-19(24)22-10-7-18(25-2)8-11-22/h14,18H,3-13,15-16H2,1-2H3. The Balaban J connectivity index is 1.49. The number of rotatable bonds is 13. The zero-order valence-corrected chi connectivity index (χ0v) is 16.8. The molecule has 1 aliphatic rings. The van der Waals surface area contributed by atoms with Crippen molar-refractivity contribution in [2.24, 2.45) is 0 Å². The zero-order valence-electron chi connectivity index (χ0n) is 16.8. The van der Waals surface area contributed by atoms with E-state index in [1.54, 1.807) is 7.11 Å². The molecule has 0 aromatic carbocycles. The smallest absolute Gasteiger partial charge is 0.248 e. The monoisotopic (exact) mass is 382 g/mol. The molecule has 1 aromatic rings. The van der Waals surface area contributed by atoms with Crippen LogP contribution in [0.15, 0.2) is 6.20 Å². The number of piperidine rings is 1. The van der Waals surface area contributed by atoms with Crippen LogP contribution >= 0.6 is 0 Å². The Morgan fingerprint density at radius 2 is 1.96 bits per heavy atom. The van der Waals surface area contributed by atoms with E-state index in [9.17, 15) is 4.79 Å². The van der Waals surface area contributed by atoms with Gasteiger partial charge in [-0.05, 0) is 19.3 Å². The predicted octanol–water partition coefficient (Wildman–Crippen LogP) is 2.03. The molecule has 0 radical (unpaired) electrons. The van der Waals surface area contributed by atoms with Crippen molar-refractivity contribution in [3.05, 3.63) is 11.9 Å². The second-order valence-electron chi connectivity index (χ2n) is 6.95. The number of ether oxygens (including phenoxy) is 3. The van der Waals surface area contributed by atoms with Gasteiger partial charge in [-0.2, -0.15) is 0 Å². The van der Waals surface area contributed by atoms with E-state index in [-0.39, 0.29) is 18.6 Å². The number of hydrogen-bond donors (Lipinski definition) is 0. The van der Waals surface area contributed by atoms with E-state index < -0.39 is 0 Å². The van der Waals surface area contributed by atoms with Gasteiger partial charge in [0.2, 0.25) is 5.91 Å². The molecule has 2 heterocycles. The zero-order chi connectivity index (χ0) is 19.3. The lowest BCUT2D eigenvalue weighted by Gasteiger charge is -2.31. The number of hydrogen-bond acceptors (Lipinski definition) is 6. The van der Waals surface area contributed by atoms with Gasteiger partial charge in [-0.3, -0.25) is 9.48 Å². The minimum Gasteiger partial charge on any atom is -0.381 e. The first-order valence-corrected chi connectivity index (χ1v) is 10.1. The molecule has 1 aromatic heterocycles. The maximum atomic E-state index is 12.1. The molecule has 0 aliphatic carbocycles. The third-order valence-corrected chi connectivity index (χ3v) is 4.80. The number of amides is 1. The maximum Gasteiger partial charge on any atom is 0.248 e. The highest BCUT2D eigenvalue weighted by Crippen LogP contribution is 2.12. The van der Waals surface area contributed by atoms with Gasteiger partial charge in [0.05, 0.1) is 32.1 Å². The minimum atomic E-state index is 0.0376. The molecular weight excluding hydrogens is 348 g/mol. The first-order chi connectivity index (χ1) is 13.2. The molecule has 1 aliphatic heterocycles. The molecule has 1 fully saturated rings. The first kappa shape index (κ1) is 21.8. The number of aryl methyl sites for hydroxylation is 1. The van der Waals surface area contributed by atoms with Crippen LogP contribution in [-0.2, 0) is 32.2 Å². The summed E-state index contributed by atoms with van der Waals surface area (Å²) in [6.45, 7) is 5.94. The van der Waals surface area contributed by atoms with Crippen LogP contribution in [0.5, 0.6) is 0 Å². The van der Waals surface area contributed by atoms with Crippen molar-refractivity contribution in [2.75, 3.05) is 40.0 Å². The Kier molecular flexibility index (Phi) is 10.3. The molecule has 8 nitrogen and oxygen atoms in total. The third-order valence-electron chi connectivity index (χ3n) is 4.80. The SMILES string of the molecule is CCCCCCn1cc(COCCOCC(=O)N2CCC(OC)CC2)nn1. The van der Waals surface area contributed by atoms with E-state index in [1.165, 1.54) is 19.3 Å². The third kappa shape index (κ3) is 8.36. The van der Waals surface area contributed by atoms with Crippen LogP contribution in [0, 0.1) is 0 Å². The number of nitrogens with zero attached hydrogens (tertiary/aromatic N) is 4. The highest BCUT2D eigenvalue weighted by molar-refractivity contribution is 5.77. The van der Waals surface area contributed by atoms with Crippen molar-refractivity contribution in [3.63, 3.8) is 0 Å². The second-order valence-corrected chi connectivity index (χ2v) is 6.95. The van der Waals surface area contributed by atoms with Gasteiger partial charge in [0.1, 0.15) is 12.3 Å². The number of unbranched alkanes of at least 4 members (excludes halogenated alkanes) is 3. The molecule has 1 amide bonds. The van der Waals surface area contributed by atoms with E-state index in [4.69, 9.17) is 14.2 Å². The van der Waals surface area contributed by atoms with E-state index in [2.05, 4.69) is 17.2 Å². The Bertz CT molecular complexity index is 530. The lowest BCUT2D eigenvalue weighted by molar-refractivity contribution is -0.139. The molecule has 0 bridgehead atoms. The highest BCUT2D eigenvalue weighted by atomic mass is 16.5. The molecule has 0 saturated carbocycles. The van der Waals surface area contributed by atoms with Crippen LogP contribution in [0.1, 0.15) is 51.1 Å². The van der Waals surface area contributed by atoms with Crippen LogP contribution in [-0.4, -0.2) is 71.9 Å². The summed E-state index contributed by atoms with van der Waals surface area (Å²) in [5, 5.41) is 8.22. The summed E-state index contributed by atoms with van der Waals surface area (Å²) in [4.78, 5) is 13.9. The number of aromatic nitrogens is 3. The summed E-state index contributed by atoms with van der Waals surface area (Å²) < 4.78 is 18.2. The quantitative estimate of drug-likeness (QED) is 0.486. The summed E-state index contributed by atoms with van der Waals surface area (Å²) in [6.07, 6.45) is 8.84. The molecule has 0 atom stereocenters. The summed E-state index contributed by atoms with van der Waals surface area (Å²) in [5.74, 6) is 0.0376. The van der Waals surface area contributed by atoms with E-state index in [1.807, 2.05) is 15.8 Å². The Morgan fingerprint density at radius 1 is 1.19 bits per heavy atom. The molecule has 0 N–H and O–H groups in total. The van der Waals surface area contributed by atoms with E-state index in [0.717, 1.165) is 44.6 Å².